The number of nitrogens with one attached hydrogen (secondary N) is 1. The van der Waals surface area contributed by atoms with Crippen molar-refractivity contribution in [3.63, 3.8) is 0 Å². The number of halogens is 3. The second kappa shape index (κ2) is 5.13. The number of alkyl halides is 3. The Bertz CT molecular complexity index is 672. The summed E-state index contributed by atoms with van der Waals surface area (Å²) in [5.74, 6) is 0. The van der Waals surface area contributed by atoms with Gasteiger partial charge in [-0.25, -0.2) is 0 Å². The Kier molecular flexibility index (Phi) is 3.53. The molecule has 6 heteroatoms. The Morgan fingerprint density at radius 1 is 1.05 bits per heavy atom. The maximum atomic E-state index is 13.0. The van der Waals surface area contributed by atoms with Crippen molar-refractivity contribution in [2.24, 2.45) is 0 Å². The Labute approximate surface area is 113 Å². The van der Waals surface area contributed by atoms with Gasteiger partial charge in [0.25, 0.3) is 0 Å². The number of rotatable bonds is 2. The van der Waals surface area contributed by atoms with E-state index in [1.807, 2.05) is 6.07 Å². The van der Waals surface area contributed by atoms with Crippen molar-refractivity contribution in [1.82, 2.24) is 0 Å². The zero-order chi connectivity index (χ0) is 14.8. The molecule has 0 saturated heterocycles. The van der Waals surface area contributed by atoms with Gasteiger partial charge >= 0.3 is 6.18 Å². The zero-order valence-corrected chi connectivity index (χ0v) is 10.2. The fourth-order valence-corrected chi connectivity index (χ4v) is 1.74. The SMILES string of the molecule is N#Cc1ccccc1Nc1ccc(N)cc1C(F)(F)F. The number of nitriles is 1. The lowest BCUT2D eigenvalue weighted by Crippen LogP contribution is -2.10. The van der Waals surface area contributed by atoms with E-state index < -0.39 is 11.7 Å². The van der Waals surface area contributed by atoms with E-state index in [1.54, 1.807) is 12.1 Å². The third kappa shape index (κ3) is 2.83. The highest BCUT2D eigenvalue weighted by atomic mass is 19.4. The first-order chi connectivity index (χ1) is 9.41. The summed E-state index contributed by atoms with van der Waals surface area (Å²) in [6.07, 6.45) is -4.53. The minimum absolute atomic E-state index is 0.0245. The van der Waals surface area contributed by atoms with E-state index in [1.165, 1.54) is 24.3 Å². The van der Waals surface area contributed by atoms with Crippen LogP contribution < -0.4 is 11.1 Å². The topological polar surface area (TPSA) is 61.8 Å². The van der Waals surface area contributed by atoms with Gasteiger partial charge in [-0.1, -0.05) is 12.1 Å². The summed E-state index contributed by atoms with van der Waals surface area (Å²) in [6.45, 7) is 0. The molecule has 0 atom stereocenters. The molecular formula is C14H10F3N3. The van der Waals surface area contributed by atoms with E-state index in [0.717, 1.165) is 6.07 Å². The van der Waals surface area contributed by atoms with Crippen LogP contribution in [0.15, 0.2) is 42.5 Å². The van der Waals surface area contributed by atoms with Gasteiger partial charge in [0.2, 0.25) is 0 Å². The smallest absolute Gasteiger partial charge is 0.399 e. The fraction of sp³-hybridized carbons (Fsp3) is 0.0714. The number of nitrogens with two attached hydrogens (primary N) is 1. The van der Waals surface area contributed by atoms with Crippen LogP contribution in [-0.2, 0) is 6.18 Å². The van der Waals surface area contributed by atoms with Gasteiger partial charge in [-0.05, 0) is 30.3 Å². The van der Waals surface area contributed by atoms with Crippen LogP contribution in [-0.4, -0.2) is 0 Å². The van der Waals surface area contributed by atoms with Crippen molar-refractivity contribution in [2.75, 3.05) is 11.1 Å². The highest BCUT2D eigenvalue weighted by Gasteiger charge is 2.33. The van der Waals surface area contributed by atoms with Crippen LogP contribution >= 0.6 is 0 Å². The molecule has 0 fully saturated rings. The number of nitrogens with zero attached hydrogens (tertiary/aromatic N) is 1. The Hall–Kier alpha value is -2.68. The lowest BCUT2D eigenvalue weighted by atomic mass is 10.1. The van der Waals surface area contributed by atoms with E-state index in [9.17, 15) is 13.2 Å². The second-order valence-electron chi connectivity index (χ2n) is 4.09. The van der Waals surface area contributed by atoms with Gasteiger partial charge < -0.3 is 11.1 Å². The molecule has 0 spiro atoms. The Morgan fingerprint density at radius 3 is 2.40 bits per heavy atom. The number of hydrogen-bond acceptors (Lipinski definition) is 3. The van der Waals surface area contributed by atoms with Gasteiger partial charge in [-0.3, -0.25) is 0 Å². The van der Waals surface area contributed by atoms with Crippen molar-refractivity contribution in [3.05, 3.63) is 53.6 Å². The molecule has 0 radical (unpaired) electrons. The predicted molar refractivity (Wildman–Crippen MR) is 70.3 cm³/mol. The van der Waals surface area contributed by atoms with E-state index in [4.69, 9.17) is 11.0 Å². The molecular weight excluding hydrogens is 267 g/mol. The van der Waals surface area contributed by atoms with Gasteiger partial charge in [0, 0.05) is 5.69 Å². The summed E-state index contributed by atoms with van der Waals surface area (Å²) >= 11 is 0. The molecule has 2 aromatic carbocycles. The van der Waals surface area contributed by atoms with Gasteiger partial charge in [-0.15, -0.1) is 0 Å². The van der Waals surface area contributed by atoms with E-state index in [-0.39, 0.29) is 16.9 Å². The third-order valence-electron chi connectivity index (χ3n) is 2.67. The largest absolute Gasteiger partial charge is 0.418 e. The molecule has 0 bridgehead atoms. The lowest BCUT2D eigenvalue weighted by molar-refractivity contribution is -0.136. The molecule has 0 aliphatic heterocycles. The standard InChI is InChI=1S/C14H10F3N3/c15-14(16,17)11-7-10(19)5-6-13(11)20-12-4-2-1-3-9(12)8-18/h1-7,20H,19H2. The summed E-state index contributed by atoms with van der Waals surface area (Å²) in [4.78, 5) is 0. The van der Waals surface area contributed by atoms with E-state index in [0.29, 0.717) is 5.69 Å². The van der Waals surface area contributed by atoms with E-state index in [2.05, 4.69) is 5.32 Å². The monoisotopic (exact) mass is 277 g/mol. The first kappa shape index (κ1) is 13.7. The average Bonchev–Trinajstić information content (AvgIpc) is 2.40. The first-order valence-corrected chi connectivity index (χ1v) is 5.64. The maximum absolute atomic E-state index is 13.0. The number of nitrogen functional groups attached to an aromatic ring is 1. The second-order valence-corrected chi connectivity index (χ2v) is 4.09. The molecule has 0 aliphatic carbocycles. The summed E-state index contributed by atoms with van der Waals surface area (Å²) < 4.78 is 38.9. The van der Waals surface area contributed by atoms with Gasteiger partial charge in [-0.2, -0.15) is 18.4 Å². The molecule has 0 aliphatic rings. The van der Waals surface area contributed by atoms with Crippen LogP contribution in [0.4, 0.5) is 30.2 Å². The molecule has 3 nitrogen and oxygen atoms in total. The summed E-state index contributed by atoms with van der Waals surface area (Å²) in [5, 5.41) is 11.6. The van der Waals surface area contributed by atoms with Crippen molar-refractivity contribution < 1.29 is 13.2 Å². The van der Waals surface area contributed by atoms with E-state index >= 15 is 0 Å². The molecule has 102 valence electrons. The Morgan fingerprint density at radius 2 is 1.75 bits per heavy atom. The minimum atomic E-state index is -4.53. The van der Waals surface area contributed by atoms with Crippen LogP contribution in [0.1, 0.15) is 11.1 Å². The van der Waals surface area contributed by atoms with Crippen molar-refractivity contribution in [3.8, 4) is 6.07 Å². The summed E-state index contributed by atoms with van der Waals surface area (Å²) in [5.41, 5.74) is 4.98. The van der Waals surface area contributed by atoms with Crippen molar-refractivity contribution in [1.29, 1.82) is 5.26 Å². The van der Waals surface area contributed by atoms with Gasteiger partial charge in [0.05, 0.1) is 22.5 Å². The molecule has 3 N–H and O–H groups in total. The van der Waals surface area contributed by atoms with Gasteiger partial charge in [0.15, 0.2) is 0 Å². The Balaban J connectivity index is 2.47. The van der Waals surface area contributed by atoms with Crippen LogP contribution in [0.2, 0.25) is 0 Å². The lowest BCUT2D eigenvalue weighted by Gasteiger charge is -2.15. The molecule has 0 saturated carbocycles. The molecule has 2 rings (SSSR count). The predicted octanol–water partition coefficient (Wildman–Crippen LogP) is 3.90. The quantitative estimate of drug-likeness (QED) is 0.818. The summed E-state index contributed by atoms with van der Waals surface area (Å²) in [6, 6.07) is 11.7. The third-order valence-corrected chi connectivity index (χ3v) is 2.67. The van der Waals surface area contributed by atoms with Crippen molar-refractivity contribution in [2.45, 2.75) is 6.18 Å². The molecule has 2 aromatic rings. The molecule has 0 aromatic heterocycles. The summed E-state index contributed by atoms with van der Waals surface area (Å²) in [7, 11) is 0. The minimum Gasteiger partial charge on any atom is -0.399 e. The number of para-hydroxylation sites is 1. The average molecular weight is 277 g/mol. The molecule has 0 unspecified atom stereocenters. The molecule has 0 amide bonds. The highest BCUT2D eigenvalue weighted by Crippen LogP contribution is 2.37. The van der Waals surface area contributed by atoms with Gasteiger partial charge in [0.1, 0.15) is 6.07 Å². The van der Waals surface area contributed by atoms with Crippen LogP contribution in [0, 0.1) is 11.3 Å². The maximum Gasteiger partial charge on any atom is 0.418 e. The number of hydrogen-bond donors (Lipinski definition) is 2. The van der Waals surface area contributed by atoms with Crippen molar-refractivity contribution >= 4 is 17.1 Å². The van der Waals surface area contributed by atoms with Crippen LogP contribution in [0.5, 0.6) is 0 Å². The normalized spacial score (nSPS) is 10.9. The number of anilines is 3. The zero-order valence-electron chi connectivity index (χ0n) is 10.2. The fourth-order valence-electron chi connectivity index (χ4n) is 1.74. The molecule has 20 heavy (non-hydrogen) atoms. The van der Waals surface area contributed by atoms with Crippen LogP contribution in [0.25, 0.3) is 0 Å². The number of benzene rings is 2. The highest BCUT2D eigenvalue weighted by molar-refractivity contribution is 5.70. The first-order valence-electron chi connectivity index (χ1n) is 5.64. The van der Waals surface area contributed by atoms with Crippen LogP contribution in [0.3, 0.4) is 0 Å². The molecule has 0 heterocycles.